The lowest BCUT2D eigenvalue weighted by atomic mass is 9.78. The molecular weight excluding hydrogens is 376 g/mol. The predicted octanol–water partition coefficient (Wildman–Crippen LogP) is 0.889. The molecule has 0 aromatic carbocycles. The van der Waals surface area contributed by atoms with Crippen LogP contribution in [0.3, 0.4) is 0 Å². The summed E-state index contributed by atoms with van der Waals surface area (Å²) >= 11 is 0. The molecule has 9 heteroatoms. The van der Waals surface area contributed by atoms with Crippen molar-refractivity contribution in [1.82, 2.24) is 4.90 Å². The van der Waals surface area contributed by atoms with Gasteiger partial charge in [0.2, 0.25) is 5.91 Å². The first kappa shape index (κ1) is 25.3. The fraction of sp³-hybridized carbons (Fsp3) is 0.850. The number of carboxylic acids is 2. The molecule has 0 spiro atoms. The standard InChI is InChI=1S/C20H38N4O5/c21-12-6-3-1-2-4-9-15(18(26)27)20(19(28)29)11-8-14-24(20)17(25)16(23)10-5-7-13-22/h15-16H,1-14,21-23H2,(H,26,27)(H,28,29)/t15-,16+,20-/m1/s1. The van der Waals surface area contributed by atoms with E-state index in [0.29, 0.717) is 38.8 Å². The number of unbranched alkanes of at least 4 members (excludes halogenated alkanes) is 5. The number of aliphatic carboxylic acids is 2. The summed E-state index contributed by atoms with van der Waals surface area (Å²) in [4.78, 5) is 38.5. The Morgan fingerprint density at radius 3 is 2.03 bits per heavy atom. The molecule has 1 fully saturated rings. The molecule has 0 aliphatic carbocycles. The molecule has 1 aliphatic heterocycles. The van der Waals surface area contributed by atoms with E-state index < -0.39 is 35.3 Å². The highest BCUT2D eigenvalue weighted by Gasteiger charge is 2.57. The summed E-state index contributed by atoms with van der Waals surface area (Å²) in [6.45, 7) is 1.34. The van der Waals surface area contributed by atoms with Gasteiger partial charge in [0.05, 0.1) is 12.0 Å². The SMILES string of the molecule is NCCCCCCC[C@H](C(=O)O)[C@@]1(C(=O)O)CCCN1C(=O)[C@@H](N)CCCCN. The molecule has 168 valence electrons. The molecule has 1 rings (SSSR count). The number of carbonyl (C=O) groups is 3. The van der Waals surface area contributed by atoms with E-state index in [0.717, 1.165) is 32.1 Å². The molecule has 1 amide bonds. The monoisotopic (exact) mass is 414 g/mol. The van der Waals surface area contributed by atoms with E-state index in [1.807, 2.05) is 0 Å². The maximum atomic E-state index is 12.9. The van der Waals surface area contributed by atoms with Crippen molar-refractivity contribution in [3.8, 4) is 0 Å². The summed E-state index contributed by atoms with van der Waals surface area (Å²) in [6, 6.07) is -0.843. The van der Waals surface area contributed by atoms with Crippen LogP contribution in [0.15, 0.2) is 0 Å². The van der Waals surface area contributed by atoms with Gasteiger partial charge in [-0.25, -0.2) is 4.79 Å². The average Bonchev–Trinajstić information content (AvgIpc) is 3.12. The Hall–Kier alpha value is -1.71. The lowest BCUT2D eigenvalue weighted by Crippen LogP contribution is -2.62. The van der Waals surface area contributed by atoms with Crippen molar-refractivity contribution in [1.29, 1.82) is 0 Å². The number of hydrogen-bond acceptors (Lipinski definition) is 6. The van der Waals surface area contributed by atoms with E-state index in [4.69, 9.17) is 17.2 Å². The number of nitrogens with zero attached hydrogens (tertiary/aromatic N) is 1. The van der Waals surface area contributed by atoms with Crippen LogP contribution in [0.25, 0.3) is 0 Å². The molecule has 0 radical (unpaired) electrons. The molecule has 1 aliphatic rings. The Morgan fingerprint density at radius 1 is 0.897 bits per heavy atom. The highest BCUT2D eigenvalue weighted by Crippen LogP contribution is 2.40. The molecule has 0 aromatic heterocycles. The molecule has 0 unspecified atom stereocenters. The number of nitrogens with two attached hydrogens (primary N) is 3. The van der Waals surface area contributed by atoms with Crippen molar-refractivity contribution in [2.24, 2.45) is 23.1 Å². The van der Waals surface area contributed by atoms with Crippen LogP contribution < -0.4 is 17.2 Å². The number of carbonyl (C=O) groups excluding carboxylic acids is 1. The van der Waals surface area contributed by atoms with E-state index in [9.17, 15) is 24.6 Å². The lowest BCUT2D eigenvalue weighted by molar-refractivity contribution is -0.168. The molecule has 0 bridgehead atoms. The summed E-state index contributed by atoms with van der Waals surface area (Å²) < 4.78 is 0. The Labute approximate surface area is 173 Å². The minimum absolute atomic E-state index is 0.133. The zero-order chi connectivity index (χ0) is 21.9. The largest absolute Gasteiger partial charge is 0.481 e. The average molecular weight is 415 g/mol. The van der Waals surface area contributed by atoms with Crippen LogP contribution in [-0.4, -0.2) is 64.2 Å². The Bertz CT molecular complexity index is 545. The molecule has 1 heterocycles. The number of likely N-dealkylation sites (tertiary alicyclic amines) is 1. The van der Waals surface area contributed by atoms with Crippen LogP contribution in [0.4, 0.5) is 0 Å². The predicted molar refractivity (Wildman–Crippen MR) is 110 cm³/mol. The lowest BCUT2D eigenvalue weighted by Gasteiger charge is -2.40. The van der Waals surface area contributed by atoms with Crippen molar-refractivity contribution in [3.63, 3.8) is 0 Å². The maximum absolute atomic E-state index is 12.9. The van der Waals surface area contributed by atoms with Gasteiger partial charge in [-0.05, 0) is 51.6 Å². The maximum Gasteiger partial charge on any atom is 0.330 e. The molecule has 0 saturated carbocycles. The van der Waals surface area contributed by atoms with Crippen molar-refractivity contribution < 1.29 is 24.6 Å². The highest BCUT2D eigenvalue weighted by atomic mass is 16.4. The highest BCUT2D eigenvalue weighted by molar-refractivity contribution is 5.94. The summed E-state index contributed by atoms with van der Waals surface area (Å²) in [6.07, 6.45) is 6.84. The van der Waals surface area contributed by atoms with Gasteiger partial charge in [0.15, 0.2) is 5.54 Å². The normalized spacial score (nSPS) is 21.1. The fourth-order valence-electron chi connectivity index (χ4n) is 4.30. The molecule has 8 N–H and O–H groups in total. The van der Waals surface area contributed by atoms with Gasteiger partial charge in [-0.3, -0.25) is 9.59 Å². The van der Waals surface area contributed by atoms with Crippen LogP contribution in [0.1, 0.15) is 70.6 Å². The number of amides is 1. The van der Waals surface area contributed by atoms with Crippen LogP contribution in [0, 0.1) is 5.92 Å². The first-order valence-electron chi connectivity index (χ1n) is 10.8. The Kier molecular flexibility index (Phi) is 11.2. The number of rotatable bonds is 15. The van der Waals surface area contributed by atoms with Gasteiger partial charge in [0.1, 0.15) is 0 Å². The summed E-state index contributed by atoms with van der Waals surface area (Å²) in [5, 5.41) is 19.9. The second-order valence-electron chi connectivity index (χ2n) is 7.95. The smallest absolute Gasteiger partial charge is 0.330 e. The van der Waals surface area contributed by atoms with E-state index in [-0.39, 0.29) is 19.4 Å². The van der Waals surface area contributed by atoms with Gasteiger partial charge in [-0.2, -0.15) is 0 Å². The third-order valence-corrected chi connectivity index (χ3v) is 5.92. The van der Waals surface area contributed by atoms with Gasteiger partial charge in [0.25, 0.3) is 0 Å². The fourth-order valence-corrected chi connectivity index (χ4v) is 4.30. The molecule has 29 heavy (non-hydrogen) atoms. The van der Waals surface area contributed by atoms with Gasteiger partial charge < -0.3 is 32.3 Å². The molecule has 3 atom stereocenters. The first-order chi connectivity index (χ1) is 13.8. The van der Waals surface area contributed by atoms with Crippen molar-refractivity contribution in [2.75, 3.05) is 19.6 Å². The van der Waals surface area contributed by atoms with Crippen molar-refractivity contribution in [2.45, 2.75) is 82.2 Å². The second-order valence-corrected chi connectivity index (χ2v) is 7.95. The Morgan fingerprint density at radius 2 is 1.45 bits per heavy atom. The van der Waals surface area contributed by atoms with Crippen LogP contribution in [0.5, 0.6) is 0 Å². The molecular formula is C20H38N4O5. The van der Waals surface area contributed by atoms with Gasteiger partial charge in [0, 0.05) is 6.54 Å². The zero-order valence-electron chi connectivity index (χ0n) is 17.4. The Balaban J connectivity index is 2.92. The van der Waals surface area contributed by atoms with Crippen LogP contribution in [0.2, 0.25) is 0 Å². The van der Waals surface area contributed by atoms with Crippen LogP contribution >= 0.6 is 0 Å². The van der Waals surface area contributed by atoms with E-state index >= 15 is 0 Å². The minimum Gasteiger partial charge on any atom is -0.481 e. The van der Waals surface area contributed by atoms with E-state index in [1.54, 1.807) is 0 Å². The summed E-state index contributed by atoms with van der Waals surface area (Å²) in [7, 11) is 0. The van der Waals surface area contributed by atoms with Gasteiger partial charge in [-0.15, -0.1) is 0 Å². The third-order valence-electron chi connectivity index (χ3n) is 5.92. The minimum atomic E-state index is -1.73. The molecule has 0 aromatic rings. The topological polar surface area (TPSA) is 173 Å². The zero-order valence-corrected chi connectivity index (χ0v) is 17.4. The summed E-state index contributed by atoms with van der Waals surface area (Å²) in [5.41, 5.74) is 15.2. The second kappa shape index (κ2) is 12.8. The van der Waals surface area contributed by atoms with Crippen molar-refractivity contribution in [3.05, 3.63) is 0 Å². The van der Waals surface area contributed by atoms with E-state index in [1.165, 1.54) is 4.90 Å². The van der Waals surface area contributed by atoms with Crippen LogP contribution in [-0.2, 0) is 14.4 Å². The third kappa shape index (κ3) is 6.65. The summed E-state index contributed by atoms with van der Waals surface area (Å²) in [5.74, 6) is -4.06. The van der Waals surface area contributed by atoms with Gasteiger partial charge >= 0.3 is 11.9 Å². The van der Waals surface area contributed by atoms with E-state index in [2.05, 4.69) is 0 Å². The quantitative estimate of drug-likeness (QED) is 0.246. The molecule has 1 saturated heterocycles. The number of hydrogen-bond donors (Lipinski definition) is 5. The molecule has 9 nitrogen and oxygen atoms in total. The number of carboxylic acid groups (broad SMARTS) is 2. The van der Waals surface area contributed by atoms with Gasteiger partial charge in [-0.1, -0.05) is 32.1 Å². The van der Waals surface area contributed by atoms with Crippen molar-refractivity contribution >= 4 is 17.8 Å². The first-order valence-corrected chi connectivity index (χ1v) is 10.8.